The molecule has 1 unspecified atom stereocenters. The second-order valence-electron chi connectivity index (χ2n) is 7.92. The fraction of sp³-hybridized carbons (Fsp3) is 0.375. The largest absolute Gasteiger partial charge is 0.480 e. The molecule has 2 atom stereocenters. The van der Waals surface area contributed by atoms with Gasteiger partial charge in [-0.25, -0.2) is 14.4 Å². The third-order valence-electron chi connectivity index (χ3n) is 5.71. The van der Waals surface area contributed by atoms with E-state index in [0.29, 0.717) is 13.0 Å². The topological polar surface area (TPSA) is 113 Å². The smallest absolute Gasteiger partial charge is 0.410 e. The Morgan fingerprint density at radius 1 is 0.969 bits per heavy atom. The number of hydrogen-bond acceptors (Lipinski definition) is 4. The van der Waals surface area contributed by atoms with Gasteiger partial charge in [0.25, 0.3) is 0 Å². The zero-order valence-electron chi connectivity index (χ0n) is 17.9. The van der Waals surface area contributed by atoms with Crippen molar-refractivity contribution in [3.05, 3.63) is 71.8 Å². The summed E-state index contributed by atoms with van der Waals surface area (Å²) in [6.45, 7) is 2.21. The van der Waals surface area contributed by atoms with Crippen LogP contribution in [0.25, 0.3) is 0 Å². The van der Waals surface area contributed by atoms with E-state index >= 15 is 0 Å². The minimum atomic E-state index is -0.995. The maximum Gasteiger partial charge on any atom is 0.410 e. The number of carboxylic acids is 1. The normalized spacial score (nSPS) is 19.8. The Morgan fingerprint density at radius 3 is 2.09 bits per heavy atom. The summed E-state index contributed by atoms with van der Waals surface area (Å²) in [6, 6.07) is 17.9. The van der Waals surface area contributed by atoms with E-state index in [1.54, 1.807) is 4.90 Å². The number of carbonyl (C=O) groups is 3. The number of ether oxygens (including phenoxy) is 1. The standard InChI is InChI=1S/C19H19NO4.C5H10N2O/c21-18(22)17-11-16(15-9-5-2-6-10-15)12-20(17)19(23)24-13-14-7-3-1-4-8-14;6-5(8)7-3-1-2-4-7/h1-10,16-17H,11-13H2,(H,21,22);1-4H2,(H2,6,8)/t16?,17-;/m0./s1. The zero-order valence-corrected chi connectivity index (χ0v) is 17.9. The number of nitrogens with two attached hydrogens (primary N) is 1. The van der Waals surface area contributed by atoms with Crippen molar-refractivity contribution in [3.63, 3.8) is 0 Å². The van der Waals surface area contributed by atoms with Gasteiger partial charge in [-0.2, -0.15) is 0 Å². The highest BCUT2D eigenvalue weighted by Crippen LogP contribution is 2.32. The number of carboxylic acid groups (broad SMARTS) is 1. The van der Waals surface area contributed by atoms with Crippen LogP contribution < -0.4 is 5.73 Å². The van der Waals surface area contributed by atoms with E-state index in [1.165, 1.54) is 4.90 Å². The van der Waals surface area contributed by atoms with Crippen LogP contribution in [0.1, 0.15) is 36.3 Å². The number of carbonyl (C=O) groups excluding carboxylic acids is 2. The Hall–Kier alpha value is -3.55. The molecule has 0 saturated carbocycles. The first-order valence-electron chi connectivity index (χ1n) is 10.7. The Kier molecular flexibility index (Phi) is 8.08. The number of rotatable bonds is 4. The first kappa shape index (κ1) is 23.1. The van der Waals surface area contributed by atoms with Crippen LogP contribution in [0.3, 0.4) is 0 Å². The summed E-state index contributed by atoms with van der Waals surface area (Å²) in [4.78, 5) is 37.2. The van der Waals surface area contributed by atoms with Crippen LogP contribution in [0.4, 0.5) is 9.59 Å². The highest BCUT2D eigenvalue weighted by molar-refractivity contribution is 5.81. The summed E-state index contributed by atoms with van der Waals surface area (Å²) in [5.74, 6) is -0.985. The number of nitrogens with zero attached hydrogens (tertiary/aromatic N) is 2. The van der Waals surface area contributed by atoms with Crippen LogP contribution >= 0.6 is 0 Å². The van der Waals surface area contributed by atoms with Crippen molar-refractivity contribution in [3.8, 4) is 0 Å². The van der Waals surface area contributed by atoms with Crippen molar-refractivity contribution >= 4 is 18.1 Å². The molecular weight excluding hydrogens is 410 g/mol. The maximum absolute atomic E-state index is 12.4. The van der Waals surface area contributed by atoms with Crippen molar-refractivity contribution in [2.75, 3.05) is 19.6 Å². The number of likely N-dealkylation sites (tertiary alicyclic amines) is 2. The van der Waals surface area contributed by atoms with E-state index in [2.05, 4.69) is 0 Å². The number of amides is 3. The highest BCUT2D eigenvalue weighted by Gasteiger charge is 2.41. The van der Waals surface area contributed by atoms with E-state index in [4.69, 9.17) is 10.5 Å². The van der Waals surface area contributed by atoms with Crippen molar-refractivity contribution in [1.29, 1.82) is 0 Å². The van der Waals surface area contributed by atoms with Gasteiger partial charge in [0.15, 0.2) is 0 Å². The van der Waals surface area contributed by atoms with Gasteiger partial charge in [0.1, 0.15) is 12.6 Å². The van der Waals surface area contributed by atoms with Gasteiger partial charge in [0.05, 0.1) is 0 Å². The third-order valence-corrected chi connectivity index (χ3v) is 5.71. The third kappa shape index (κ3) is 6.23. The molecular formula is C24H29N3O5. The first-order chi connectivity index (χ1) is 15.5. The van der Waals surface area contributed by atoms with E-state index < -0.39 is 18.1 Å². The lowest BCUT2D eigenvalue weighted by atomic mass is 9.96. The van der Waals surface area contributed by atoms with Gasteiger partial charge in [-0.1, -0.05) is 60.7 Å². The molecule has 0 aliphatic carbocycles. The van der Waals surface area contributed by atoms with Crippen molar-refractivity contribution in [2.24, 2.45) is 5.73 Å². The molecule has 0 spiro atoms. The van der Waals surface area contributed by atoms with Crippen LogP contribution in [0.5, 0.6) is 0 Å². The minimum absolute atomic E-state index is 0.0107. The van der Waals surface area contributed by atoms with Crippen LogP contribution in [0.2, 0.25) is 0 Å². The average Bonchev–Trinajstić information content (AvgIpc) is 3.50. The Morgan fingerprint density at radius 2 is 1.56 bits per heavy atom. The molecule has 2 aromatic rings. The van der Waals surface area contributed by atoms with Crippen molar-refractivity contribution in [2.45, 2.75) is 37.8 Å². The number of primary amides is 1. The molecule has 3 amide bonds. The summed E-state index contributed by atoms with van der Waals surface area (Å²) in [5, 5.41) is 9.43. The van der Waals surface area contributed by atoms with Gasteiger partial charge < -0.3 is 20.5 Å². The predicted octanol–water partition coefficient (Wildman–Crippen LogP) is 3.43. The lowest BCUT2D eigenvalue weighted by molar-refractivity contribution is -0.141. The molecule has 2 heterocycles. The van der Waals surface area contributed by atoms with Gasteiger partial charge in [-0.05, 0) is 30.4 Å². The molecule has 4 rings (SSSR count). The monoisotopic (exact) mass is 439 g/mol. The second kappa shape index (κ2) is 11.2. The molecule has 2 fully saturated rings. The fourth-order valence-electron chi connectivity index (χ4n) is 3.98. The fourth-order valence-corrected chi connectivity index (χ4v) is 3.98. The molecule has 32 heavy (non-hydrogen) atoms. The summed E-state index contributed by atoms with van der Waals surface area (Å²) in [7, 11) is 0. The molecule has 8 nitrogen and oxygen atoms in total. The Bertz CT molecular complexity index is 900. The molecule has 0 aromatic heterocycles. The van der Waals surface area contributed by atoms with Crippen molar-refractivity contribution in [1.82, 2.24) is 9.80 Å². The number of aliphatic carboxylic acids is 1. The van der Waals surface area contributed by atoms with Gasteiger partial charge in [0.2, 0.25) is 0 Å². The number of benzene rings is 2. The molecule has 3 N–H and O–H groups in total. The molecule has 0 radical (unpaired) electrons. The summed E-state index contributed by atoms with van der Waals surface area (Å²) in [5.41, 5.74) is 6.90. The Labute approximate surface area is 187 Å². The van der Waals surface area contributed by atoms with Crippen molar-refractivity contribution < 1.29 is 24.2 Å². The van der Waals surface area contributed by atoms with Gasteiger partial charge in [-0.15, -0.1) is 0 Å². The van der Waals surface area contributed by atoms with E-state index in [-0.39, 0.29) is 18.6 Å². The quantitative estimate of drug-likeness (QED) is 0.758. The van der Waals surface area contributed by atoms with E-state index in [1.807, 2.05) is 60.7 Å². The van der Waals surface area contributed by atoms with Crippen LogP contribution in [0.15, 0.2) is 60.7 Å². The first-order valence-corrected chi connectivity index (χ1v) is 10.7. The minimum Gasteiger partial charge on any atom is -0.480 e. The summed E-state index contributed by atoms with van der Waals surface area (Å²) in [6.07, 6.45) is 2.05. The number of urea groups is 1. The average molecular weight is 440 g/mol. The SMILES string of the molecule is NC(=O)N1CCCC1.O=C(O)[C@@H]1CC(c2ccccc2)CN1C(=O)OCc1ccccc1. The highest BCUT2D eigenvalue weighted by atomic mass is 16.6. The second-order valence-corrected chi connectivity index (χ2v) is 7.92. The molecule has 2 aliphatic rings. The van der Waals surface area contributed by atoms with Gasteiger partial charge in [0, 0.05) is 25.6 Å². The summed E-state index contributed by atoms with van der Waals surface area (Å²) < 4.78 is 5.30. The molecule has 8 heteroatoms. The lowest BCUT2D eigenvalue weighted by Gasteiger charge is -2.20. The van der Waals surface area contributed by atoms with Gasteiger partial charge >= 0.3 is 18.1 Å². The lowest BCUT2D eigenvalue weighted by Crippen LogP contribution is -2.40. The molecule has 170 valence electrons. The molecule has 2 saturated heterocycles. The van der Waals surface area contributed by atoms with E-state index in [9.17, 15) is 19.5 Å². The molecule has 2 aromatic carbocycles. The summed E-state index contributed by atoms with van der Waals surface area (Å²) >= 11 is 0. The van der Waals surface area contributed by atoms with Crippen LogP contribution in [-0.2, 0) is 16.1 Å². The Balaban J connectivity index is 0.000000305. The number of hydrogen-bond donors (Lipinski definition) is 2. The molecule has 2 aliphatic heterocycles. The van der Waals surface area contributed by atoms with E-state index in [0.717, 1.165) is 37.1 Å². The maximum atomic E-state index is 12.4. The predicted molar refractivity (Wildman–Crippen MR) is 119 cm³/mol. The van der Waals surface area contributed by atoms with Crippen LogP contribution in [-0.4, -0.2) is 58.7 Å². The van der Waals surface area contributed by atoms with Crippen LogP contribution in [0, 0.1) is 0 Å². The molecule has 0 bridgehead atoms. The zero-order chi connectivity index (χ0) is 22.9. The van der Waals surface area contributed by atoms with Gasteiger partial charge in [-0.3, -0.25) is 4.90 Å².